The minimum absolute atomic E-state index is 0.198. The number of pyridine rings is 2. The number of ether oxygens (including phenoxy) is 2. The lowest BCUT2D eigenvalue weighted by Gasteiger charge is -2.28. The molecule has 0 fully saturated rings. The molecule has 11 heteroatoms. The molecular formula is C25H33BrFN5O3Si. The Balaban J connectivity index is 1.74. The van der Waals surface area contributed by atoms with Crippen molar-refractivity contribution >= 4 is 46.8 Å². The zero-order chi connectivity index (χ0) is 26.2. The second-order valence-electron chi connectivity index (χ2n) is 10.3. The predicted molar refractivity (Wildman–Crippen MR) is 144 cm³/mol. The highest BCUT2D eigenvalue weighted by Gasteiger charge is 2.30. The molecule has 3 aromatic heterocycles. The molecule has 1 aliphatic rings. The van der Waals surface area contributed by atoms with Crippen LogP contribution in [0, 0.1) is 5.82 Å². The van der Waals surface area contributed by atoms with Crippen molar-refractivity contribution < 1.29 is 18.7 Å². The lowest BCUT2D eigenvalue weighted by atomic mass is 10.1. The third-order valence-corrected chi connectivity index (χ3v) is 8.64. The Labute approximate surface area is 220 Å². The number of aromatic nitrogens is 3. The first-order valence-electron chi connectivity index (χ1n) is 12.1. The van der Waals surface area contributed by atoms with Gasteiger partial charge in [0.1, 0.15) is 24.1 Å². The molecule has 1 amide bonds. The molecule has 1 atom stereocenters. The molecule has 1 aliphatic heterocycles. The largest absolute Gasteiger partial charge is 0.383 e. The molecule has 0 bridgehead atoms. The third kappa shape index (κ3) is 5.34. The van der Waals surface area contributed by atoms with Crippen molar-refractivity contribution in [2.75, 3.05) is 18.9 Å². The lowest BCUT2D eigenvalue weighted by molar-refractivity contribution is 0.0632. The van der Waals surface area contributed by atoms with Gasteiger partial charge in [-0.1, -0.05) is 19.6 Å². The molecule has 0 radical (unpaired) electrons. The molecule has 0 saturated heterocycles. The standard InChI is InChI=1S/C25H33BrFN5O3Si/c1-6-31(15(2)22-19(27)9-16(26)11-29-22)25(33)21-10-20-23(17-12-35-13-18(17)24(28)30-20)32(21)14-34-7-8-36(3,4)5/h9-11,15H,6-8,12-14H2,1-5H3,(H2,28,30). The van der Waals surface area contributed by atoms with Crippen LogP contribution >= 0.6 is 15.9 Å². The molecule has 3 aromatic rings. The maximum absolute atomic E-state index is 14.7. The Hall–Kier alpha value is -2.34. The summed E-state index contributed by atoms with van der Waals surface area (Å²) < 4.78 is 28.9. The van der Waals surface area contributed by atoms with Gasteiger partial charge in [-0.15, -0.1) is 0 Å². The molecule has 4 rings (SSSR count). The van der Waals surface area contributed by atoms with Crippen LogP contribution in [0.25, 0.3) is 11.0 Å². The van der Waals surface area contributed by atoms with Crippen molar-refractivity contribution in [1.29, 1.82) is 0 Å². The van der Waals surface area contributed by atoms with E-state index in [1.807, 2.05) is 11.5 Å². The summed E-state index contributed by atoms with van der Waals surface area (Å²) in [5.41, 5.74) is 10.0. The Bertz CT molecular complexity index is 1290. The number of nitrogens with zero attached hydrogens (tertiary/aromatic N) is 4. The highest BCUT2D eigenvalue weighted by molar-refractivity contribution is 9.10. The summed E-state index contributed by atoms with van der Waals surface area (Å²) in [7, 11) is -1.28. The highest BCUT2D eigenvalue weighted by atomic mass is 79.9. The minimum atomic E-state index is -1.28. The van der Waals surface area contributed by atoms with Crippen LogP contribution < -0.4 is 5.73 Å². The number of rotatable bonds is 9. The van der Waals surface area contributed by atoms with Gasteiger partial charge in [0.15, 0.2) is 0 Å². The van der Waals surface area contributed by atoms with Gasteiger partial charge in [-0.25, -0.2) is 9.37 Å². The minimum Gasteiger partial charge on any atom is -0.383 e. The van der Waals surface area contributed by atoms with E-state index in [2.05, 4.69) is 45.5 Å². The predicted octanol–water partition coefficient (Wildman–Crippen LogP) is 5.48. The van der Waals surface area contributed by atoms with E-state index < -0.39 is 19.9 Å². The van der Waals surface area contributed by atoms with Crippen LogP contribution in [0.3, 0.4) is 0 Å². The quantitative estimate of drug-likeness (QED) is 0.267. The normalized spacial score (nSPS) is 14.3. The van der Waals surface area contributed by atoms with E-state index in [1.165, 1.54) is 12.3 Å². The number of nitrogens with two attached hydrogens (primary N) is 1. The van der Waals surface area contributed by atoms with Gasteiger partial charge in [0.2, 0.25) is 0 Å². The second-order valence-corrected chi connectivity index (χ2v) is 16.8. The fourth-order valence-electron chi connectivity index (χ4n) is 4.47. The van der Waals surface area contributed by atoms with Crippen molar-refractivity contribution in [3.05, 3.63) is 51.1 Å². The van der Waals surface area contributed by atoms with Crippen LogP contribution in [0.1, 0.15) is 47.2 Å². The van der Waals surface area contributed by atoms with E-state index in [1.54, 1.807) is 17.9 Å². The van der Waals surface area contributed by atoms with E-state index in [9.17, 15) is 9.18 Å². The molecule has 0 spiro atoms. The molecule has 1 unspecified atom stereocenters. The maximum Gasteiger partial charge on any atom is 0.271 e. The number of hydrogen-bond donors (Lipinski definition) is 1. The molecule has 0 aliphatic carbocycles. The van der Waals surface area contributed by atoms with E-state index >= 15 is 0 Å². The molecule has 36 heavy (non-hydrogen) atoms. The van der Waals surface area contributed by atoms with Gasteiger partial charge in [0.05, 0.1) is 36.0 Å². The molecule has 4 heterocycles. The van der Waals surface area contributed by atoms with Crippen LogP contribution in [-0.4, -0.2) is 46.6 Å². The van der Waals surface area contributed by atoms with Crippen molar-refractivity contribution in [2.24, 2.45) is 0 Å². The average molecular weight is 579 g/mol. The van der Waals surface area contributed by atoms with E-state index in [0.717, 1.165) is 22.7 Å². The van der Waals surface area contributed by atoms with E-state index in [-0.39, 0.29) is 18.3 Å². The number of halogens is 2. The second kappa shape index (κ2) is 10.6. The monoisotopic (exact) mass is 577 g/mol. The van der Waals surface area contributed by atoms with Crippen molar-refractivity contribution in [3.8, 4) is 0 Å². The summed E-state index contributed by atoms with van der Waals surface area (Å²) >= 11 is 3.24. The zero-order valence-electron chi connectivity index (χ0n) is 21.4. The molecule has 194 valence electrons. The molecule has 8 nitrogen and oxygen atoms in total. The number of carbonyl (C=O) groups excluding carboxylic acids is 1. The molecule has 2 N–H and O–H groups in total. The van der Waals surface area contributed by atoms with Crippen LogP contribution in [0.5, 0.6) is 0 Å². The topological polar surface area (TPSA) is 95.5 Å². The van der Waals surface area contributed by atoms with Gasteiger partial charge in [-0.2, -0.15) is 0 Å². The SMILES string of the molecule is CCN(C(=O)c1cc2nc(N)c3c(c2n1COCC[Si](C)(C)C)COC3)C(C)c1ncc(Br)cc1F. The average Bonchev–Trinajstić information content (AvgIpc) is 3.41. The van der Waals surface area contributed by atoms with Gasteiger partial charge >= 0.3 is 0 Å². The van der Waals surface area contributed by atoms with Crippen molar-refractivity contribution in [1.82, 2.24) is 19.4 Å². The van der Waals surface area contributed by atoms with Crippen molar-refractivity contribution in [3.63, 3.8) is 0 Å². The summed E-state index contributed by atoms with van der Waals surface area (Å²) in [5.74, 6) is -0.317. The van der Waals surface area contributed by atoms with Gasteiger partial charge in [-0.05, 0) is 48.0 Å². The summed E-state index contributed by atoms with van der Waals surface area (Å²) in [4.78, 5) is 24.4. The fraction of sp³-hybridized carbons (Fsp3) is 0.480. The third-order valence-electron chi connectivity index (χ3n) is 6.51. The Kier molecular flexibility index (Phi) is 7.84. The first-order chi connectivity index (χ1) is 17.0. The van der Waals surface area contributed by atoms with Gasteiger partial charge in [0.25, 0.3) is 5.91 Å². The van der Waals surface area contributed by atoms with Crippen LogP contribution in [0.4, 0.5) is 10.2 Å². The maximum atomic E-state index is 14.7. The van der Waals surface area contributed by atoms with Gasteiger partial charge in [0, 0.05) is 43.0 Å². The summed E-state index contributed by atoms with van der Waals surface area (Å²) in [6.07, 6.45) is 1.53. The molecule has 0 aromatic carbocycles. The van der Waals surface area contributed by atoms with Crippen molar-refractivity contribution in [2.45, 2.75) is 65.5 Å². The van der Waals surface area contributed by atoms with Crippen LogP contribution in [0.2, 0.25) is 25.7 Å². The summed E-state index contributed by atoms with van der Waals surface area (Å²) in [6, 6.07) is 3.53. The van der Waals surface area contributed by atoms with E-state index in [4.69, 9.17) is 15.2 Å². The number of carbonyl (C=O) groups is 1. The Morgan fingerprint density at radius 1 is 1.33 bits per heavy atom. The highest BCUT2D eigenvalue weighted by Crippen LogP contribution is 2.34. The smallest absolute Gasteiger partial charge is 0.271 e. The fourth-order valence-corrected chi connectivity index (χ4v) is 5.53. The zero-order valence-corrected chi connectivity index (χ0v) is 24.0. The lowest BCUT2D eigenvalue weighted by Crippen LogP contribution is -2.35. The molecule has 0 saturated carbocycles. The Morgan fingerprint density at radius 3 is 2.72 bits per heavy atom. The van der Waals surface area contributed by atoms with E-state index in [0.29, 0.717) is 47.9 Å². The van der Waals surface area contributed by atoms with Crippen LogP contribution in [-0.2, 0) is 29.4 Å². The number of nitrogen functional groups attached to an aromatic ring is 1. The number of anilines is 1. The summed E-state index contributed by atoms with van der Waals surface area (Å²) in [6.45, 7) is 12.5. The number of amides is 1. The summed E-state index contributed by atoms with van der Waals surface area (Å²) in [5, 5.41) is 0. The Morgan fingerprint density at radius 2 is 2.06 bits per heavy atom. The van der Waals surface area contributed by atoms with Gasteiger partial charge < -0.3 is 24.7 Å². The van der Waals surface area contributed by atoms with Crippen LogP contribution in [0.15, 0.2) is 22.8 Å². The number of hydrogen-bond acceptors (Lipinski definition) is 6. The first kappa shape index (κ1) is 26.7. The van der Waals surface area contributed by atoms with Gasteiger partial charge in [-0.3, -0.25) is 9.78 Å². The number of fused-ring (bicyclic) bond motifs is 3. The molecular weight excluding hydrogens is 545 g/mol. The first-order valence-corrected chi connectivity index (χ1v) is 16.6.